The van der Waals surface area contributed by atoms with Crippen molar-refractivity contribution in [1.29, 1.82) is 5.26 Å². The number of hydrogen-bond donors (Lipinski definition) is 3. The van der Waals surface area contributed by atoms with Gasteiger partial charge in [-0.15, -0.1) is 0 Å². The molecule has 0 aromatic heterocycles. The average molecular weight is 538 g/mol. The van der Waals surface area contributed by atoms with Crippen molar-refractivity contribution in [2.75, 3.05) is 20.1 Å². The first-order valence-electron chi connectivity index (χ1n) is 12.5. The van der Waals surface area contributed by atoms with Crippen LogP contribution in [0.3, 0.4) is 0 Å². The Balaban J connectivity index is 1.48. The summed E-state index contributed by atoms with van der Waals surface area (Å²) in [5, 5.41) is 19.9. The van der Waals surface area contributed by atoms with Gasteiger partial charge < -0.3 is 25.2 Å². The molecule has 202 valence electrons. The first-order valence-corrected chi connectivity index (χ1v) is 12.5. The highest BCUT2D eigenvalue weighted by Crippen LogP contribution is 2.27. The SMILES string of the molecule is CN1CCN=C1c1cccc(OC2N=C(Cc3ccccc3)C(N)=C(Oc3ccc(C#N)c(C(=O)O)c3)N2N)c1. The molecule has 11 heteroatoms. The average Bonchev–Trinajstić information content (AvgIpc) is 3.40. The third-order valence-electron chi connectivity index (χ3n) is 6.44. The number of carboxylic acid groups (broad SMARTS) is 1. The van der Waals surface area contributed by atoms with E-state index in [1.807, 2.05) is 61.6 Å². The Morgan fingerprint density at radius 1 is 1.12 bits per heavy atom. The molecule has 5 N–H and O–H groups in total. The van der Waals surface area contributed by atoms with Crippen molar-refractivity contribution in [3.8, 4) is 17.6 Å². The van der Waals surface area contributed by atoms with Gasteiger partial charge in [0.05, 0.1) is 23.4 Å². The molecule has 11 nitrogen and oxygen atoms in total. The van der Waals surface area contributed by atoms with Crippen molar-refractivity contribution in [2.24, 2.45) is 21.6 Å². The molecule has 1 atom stereocenters. The first-order chi connectivity index (χ1) is 19.3. The van der Waals surface area contributed by atoms with Crippen molar-refractivity contribution < 1.29 is 19.4 Å². The smallest absolute Gasteiger partial charge is 0.337 e. The number of nitriles is 1. The molecule has 0 saturated carbocycles. The predicted octanol–water partition coefficient (Wildman–Crippen LogP) is 2.69. The normalized spacial score (nSPS) is 16.8. The second-order valence-corrected chi connectivity index (χ2v) is 9.19. The van der Waals surface area contributed by atoms with Crippen LogP contribution < -0.4 is 21.1 Å². The van der Waals surface area contributed by atoms with Gasteiger partial charge in [0.15, 0.2) is 0 Å². The topological polar surface area (TPSA) is 163 Å². The number of allylic oxidation sites excluding steroid dienone is 1. The largest absolute Gasteiger partial charge is 0.478 e. The van der Waals surface area contributed by atoms with E-state index in [1.54, 1.807) is 6.07 Å². The van der Waals surface area contributed by atoms with E-state index in [4.69, 9.17) is 26.0 Å². The lowest BCUT2D eigenvalue weighted by Crippen LogP contribution is -2.49. The molecule has 2 aliphatic rings. The van der Waals surface area contributed by atoms with Crippen molar-refractivity contribution in [2.45, 2.75) is 12.8 Å². The van der Waals surface area contributed by atoms with E-state index in [2.05, 4.69) is 9.89 Å². The first kappa shape index (κ1) is 26.3. The molecular weight excluding hydrogens is 510 g/mol. The number of ether oxygens (including phenoxy) is 2. The number of likely N-dealkylation sites (N-methyl/N-ethyl adjacent to an activating group) is 1. The highest BCUT2D eigenvalue weighted by atomic mass is 16.5. The Labute approximate surface area is 230 Å². The lowest BCUT2D eigenvalue weighted by Gasteiger charge is -2.33. The van der Waals surface area contributed by atoms with E-state index >= 15 is 0 Å². The predicted molar refractivity (Wildman–Crippen MR) is 148 cm³/mol. The second kappa shape index (κ2) is 11.2. The summed E-state index contributed by atoms with van der Waals surface area (Å²) in [7, 11) is 1.98. The molecule has 0 radical (unpaired) electrons. The Morgan fingerprint density at radius 3 is 2.62 bits per heavy atom. The summed E-state index contributed by atoms with van der Waals surface area (Å²) in [5.74, 6) is 6.72. The summed E-state index contributed by atoms with van der Waals surface area (Å²) in [6.07, 6.45) is -0.667. The van der Waals surface area contributed by atoms with Gasteiger partial charge in [0.1, 0.15) is 29.1 Å². The van der Waals surface area contributed by atoms with Crippen LogP contribution in [0.1, 0.15) is 27.0 Å². The standard InChI is InChI=1S/C29H27N7O4/c1-35-13-12-33-26(35)19-8-5-9-21(15-19)40-29-34-24(14-18-6-3-2-4-7-18)25(31)27(36(29)32)39-22-11-10-20(17-30)23(16-22)28(37)38/h2-11,15-16,29H,12-14,31-32H2,1H3,(H,37,38). The number of hydrazine groups is 1. The molecule has 0 amide bonds. The number of nitrogens with two attached hydrogens (primary N) is 2. The Morgan fingerprint density at radius 2 is 1.93 bits per heavy atom. The van der Waals surface area contributed by atoms with Gasteiger partial charge in [-0.1, -0.05) is 42.5 Å². The molecule has 1 unspecified atom stereocenters. The van der Waals surface area contributed by atoms with Crippen LogP contribution in [0.4, 0.5) is 0 Å². The van der Waals surface area contributed by atoms with Gasteiger partial charge in [-0.05, 0) is 35.9 Å². The fourth-order valence-corrected chi connectivity index (χ4v) is 4.40. The van der Waals surface area contributed by atoms with Crippen LogP contribution in [0.15, 0.2) is 94.4 Å². The lowest BCUT2D eigenvalue weighted by atomic mass is 10.1. The molecule has 2 heterocycles. The van der Waals surface area contributed by atoms with Crippen LogP contribution >= 0.6 is 0 Å². The van der Waals surface area contributed by atoms with Gasteiger partial charge in [0.2, 0.25) is 5.88 Å². The molecule has 3 aromatic carbocycles. The van der Waals surface area contributed by atoms with Crippen LogP contribution in [-0.2, 0) is 6.42 Å². The quantitative estimate of drug-likeness (QED) is 0.367. The Kier molecular flexibility index (Phi) is 7.35. The zero-order valence-electron chi connectivity index (χ0n) is 21.7. The number of amidine groups is 1. The van der Waals surface area contributed by atoms with Crippen LogP contribution in [-0.4, -0.2) is 59.0 Å². The third kappa shape index (κ3) is 5.43. The molecule has 5 rings (SSSR count). The monoisotopic (exact) mass is 537 g/mol. The fourth-order valence-electron chi connectivity index (χ4n) is 4.40. The molecule has 0 aliphatic carbocycles. The minimum atomic E-state index is -1.26. The van der Waals surface area contributed by atoms with E-state index in [0.717, 1.165) is 35.1 Å². The molecule has 0 spiro atoms. The fraction of sp³-hybridized carbons (Fsp3) is 0.172. The van der Waals surface area contributed by atoms with Gasteiger partial charge in [-0.3, -0.25) is 4.99 Å². The minimum Gasteiger partial charge on any atom is -0.478 e. The number of hydrogen-bond acceptors (Lipinski definition) is 10. The van der Waals surface area contributed by atoms with E-state index in [0.29, 0.717) is 17.9 Å². The third-order valence-corrected chi connectivity index (χ3v) is 6.44. The number of aliphatic imine (C=N–C) groups is 2. The van der Waals surface area contributed by atoms with E-state index in [-0.39, 0.29) is 28.5 Å². The summed E-state index contributed by atoms with van der Waals surface area (Å²) in [4.78, 5) is 23.0. The maximum atomic E-state index is 11.7. The van der Waals surface area contributed by atoms with Crippen molar-refractivity contribution in [3.63, 3.8) is 0 Å². The van der Waals surface area contributed by atoms with Crippen LogP contribution in [0, 0.1) is 11.3 Å². The highest BCUT2D eigenvalue weighted by molar-refractivity contribution is 6.02. The second-order valence-electron chi connectivity index (χ2n) is 9.19. The lowest BCUT2D eigenvalue weighted by molar-refractivity contribution is 0.0225. The zero-order valence-corrected chi connectivity index (χ0v) is 21.7. The maximum absolute atomic E-state index is 11.7. The summed E-state index contributed by atoms with van der Waals surface area (Å²) in [6.45, 7) is 1.57. The van der Waals surface area contributed by atoms with Gasteiger partial charge in [-0.2, -0.15) is 5.26 Å². The summed E-state index contributed by atoms with van der Waals surface area (Å²) in [6, 6.07) is 23.1. The maximum Gasteiger partial charge on any atom is 0.337 e. The summed E-state index contributed by atoms with van der Waals surface area (Å²) < 4.78 is 12.2. The molecule has 40 heavy (non-hydrogen) atoms. The number of carbonyl (C=O) groups is 1. The minimum absolute atomic E-state index is 0.0000155. The summed E-state index contributed by atoms with van der Waals surface area (Å²) >= 11 is 0. The van der Waals surface area contributed by atoms with E-state index < -0.39 is 12.3 Å². The number of benzene rings is 3. The van der Waals surface area contributed by atoms with Crippen LogP contribution in [0.5, 0.6) is 11.5 Å². The van der Waals surface area contributed by atoms with Crippen molar-refractivity contribution in [3.05, 3.63) is 107 Å². The van der Waals surface area contributed by atoms with Gasteiger partial charge in [0, 0.05) is 25.6 Å². The number of aromatic carboxylic acids is 1. The molecule has 0 saturated heterocycles. The number of rotatable bonds is 8. The van der Waals surface area contributed by atoms with Crippen LogP contribution in [0.2, 0.25) is 0 Å². The summed E-state index contributed by atoms with van der Waals surface area (Å²) in [5.41, 5.74) is 8.80. The molecular formula is C29H27N7O4. The van der Waals surface area contributed by atoms with Crippen LogP contribution in [0.25, 0.3) is 0 Å². The zero-order chi connectivity index (χ0) is 28.2. The molecule has 2 aliphatic heterocycles. The Bertz CT molecular complexity index is 1580. The van der Waals surface area contributed by atoms with Crippen molar-refractivity contribution in [1.82, 2.24) is 9.91 Å². The van der Waals surface area contributed by atoms with Gasteiger partial charge in [0.25, 0.3) is 6.35 Å². The Hall–Kier alpha value is -5.34. The van der Waals surface area contributed by atoms with Crippen molar-refractivity contribution >= 4 is 17.5 Å². The van der Waals surface area contributed by atoms with E-state index in [1.165, 1.54) is 18.2 Å². The van der Waals surface area contributed by atoms with Gasteiger partial charge in [-0.25, -0.2) is 20.6 Å². The molecule has 0 bridgehead atoms. The van der Waals surface area contributed by atoms with Gasteiger partial charge >= 0.3 is 5.97 Å². The van der Waals surface area contributed by atoms with E-state index in [9.17, 15) is 15.2 Å². The molecule has 0 fully saturated rings. The molecule has 3 aromatic rings. The highest BCUT2D eigenvalue weighted by Gasteiger charge is 2.31. The number of nitrogens with zero attached hydrogens (tertiary/aromatic N) is 5. The number of carboxylic acids is 1.